The molecule has 1 N–H and O–H groups in total. The molecule has 1 atom stereocenters. The highest BCUT2D eigenvalue weighted by Gasteiger charge is 2.35. The highest BCUT2D eigenvalue weighted by Crippen LogP contribution is 2.27. The fourth-order valence-corrected chi connectivity index (χ4v) is 5.45. The third kappa shape index (κ3) is 4.69. The summed E-state index contributed by atoms with van der Waals surface area (Å²) in [6.45, 7) is 3.68. The lowest BCUT2D eigenvalue weighted by molar-refractivity contribution is -0.122. The lowest BCUT2D eigenvalue weighted by Crippen LogP contribution is -2.40. The zero-order chi connectivity index (χ0) is 22.7. The van der Waals surface area contributed by atoms with Crippen molar-refractivity contribution in [3.8, 4) is 0 Å². The van der Waals surface area contributed by atoms with Crippen LogP contribution in [0.4, 0.5) is 11.4 Å². The molecule has 0 bridgehead atoms. The van der Waals surface area contributed by atoms with Crippen molar-refractivity contribution in [3.05, 3.63) is 54.1 Å². The molecule has 8 nitrogen and oxygen atoms in total. The molecule has 2 saturated heterocycles. The fraction of sp³-hybridized carbons (Fsp3) is 0.391. The number of carbonyl (C=O) groups is 2. The summed E-state index contributed by atoms with van der Waals surface area (Å²) in [6.07, 6.45) is 0.984. The summed E-state index contributed by atoms with van der Waals surface area (Å²) in [5.41, 5.74) is 2.31. The first-order chi connectivity index (χ1) is 15.4. The zero-order valence-corrected chi connectivity index (χ0v) is 18.8. The van der Waals surface area contributed by atoms with E-state index in [1.807, 2.05) is 24.3 Å². The van der Waals surface area contributed by atoms with Gasteiger partial charge in [-0.05, 0) is 42.3 Å². The van der Waals surface area contributed by atoms with Crippen LogP contribution in [0.3, 0.4) is 0 Å². The van der Waals surface area contributed by atoms with Gasteiger partial charge in [-0.1, -0.05) is 25.1 Å². The average Bonchev–Trinajstić information content (AvgIpc) is 3.21. The Kier molecular flexibility index (Phi) is 6.59. The van der Waals surface area contributed by atoms with Crippen molar-refractivity contribution in [2.75, 3.05) is 43.1 Å². The Hall–Kier alpha value is -2.75. The molecule has 1 unspecified atom stereocenters. The second kappa shape index (κ2) is 9.40. The highest BCUT2D eigenvalue weighted by atomic mass is 32.2. The van der Waals surface area contributed by atoms with Crippen molar-refractivity contribution in [2.45, 2.75) is 24.7 Å². The molecule has 0 aliphatic carbocycles. The van der Waals surface area contributed by atoms with Crippen LogP contribution in [0, 0.1) is 5.92 Å². The van der Waals surface area contributed by atoms with E-state index in [1.165, 1.54) is 16.4 Å². The number of morpholine rings is 1. The van der Waals surface area contributed by atoms with Gasteiger partial charge in [-0.25, -0.2) is 8.42 Å². The second-order valence-electron chi connectivity index (χ2n) is 7.96. The Bertz CT molecular complexity index is 1110. The Morgan fingerprint density at radius 1 is 1.12 bits per heavy atom. The molecule has 2 amide bonds. The maximum absolute atomic E-state index is 12.9. The maximum atomic E-state index is 12.9. The molecule has 0 saturated carbocycles. The first-order valence-corrected chi connectivity index (χ1v) is 12.2. The number of nitrogens with one attached hydrogen (secondary N) is 1. The Labute approximate surface area is 188 Å². The molecule has 0 spiro atoms. The monoisotopic (exact) mass is 457 g/mol. The summed E-state index contributed by atoms with van der Waals surface area (Å²) < 4.78 is 32.4. The highest BCUT2D eigenvalue weighted by molar-refractivity contribution is 7.89. The number of hydrogen-bond acceptors (Lipinski definition) is 5. The van der Waals surface area contributed by atoms with Gasteiger partial charge in [-0.15, -0.1) is 0 Å². The van der Waals surface area contributed by atoms with Gasteiger partial charge < -0.3 is 15.0 Å². The van der Waals surface area contributed by atoms with Gasteiger partial charge in [0.05, 0.1) is 24.0 Å². The van der Waals surface area contributed by atoms with Crippen molar-refractivity contribution in [1.82, 2.24) is 4.31 Å². The number of carbonyl (C=O) groups excluding carboxylic acids is 2. The molecule has 2 aliphatic rings. The molecule has 4 rings (SSSR count). The smallest absolute Gasteiger partial charge is 0.243 e. The molecule has 32 heavy (non-hydrogen) atoms. The Balaban J connectivity index is 1.45. The van der Waals surface area contributed by atoms with Gasteiger partial charge in [0.15, 0.2) is 0 Å². The first-order valence-electron chi connectivity index (χ1n) is 10.8. The molecular formula is C23H27N3O5S. The van der Waals surface area contributed by atoms with Crippen LogP contribution in [0.2, 0.25) is 0 Å². The number of rotatable bonds is 6. The number of ether oxygens (including phenoxy) is 1. The quantitative estimate of drug-likeness (QED) is 0.718. The molecule has 2 aromatic rings. The number of aryl methyl sites for hydroxylation is 1. The molecule has 170 valence electrons. The summed E-state index contributed by atoms with van der Waals surface area (Å²) >= 11 is 0. The minimum Gasteiger partial charge on any atom is -0.379 e. The van der Waals surface area contributed by atoms with Crippen molar-refractivity contribution in [2.24, 2.45) is 5.92 Å². The predicted molar refractivity (Wildman–Crippen MR) is 121 cm³/mol. The van der Waals surface area contributed by atoms with E-state index in [1.54, 1.807) is 17.0 Å². The second-order valence-corrected chi connectivity index (χ2v) is 9.90. The minimum absolute atomic E-state index is 0.0953. The number of nitrogens with zero attached hydrogens (tertiary/aromatic N) is 2. The van der Waals surface area contributed by atoms with E-state index in [-0.39, 0.29) is 23.1 Å². The fourth-order valence-electron chi connectivity index (χ4n) is 3.99. The third-order valence-electron chi connectivity index (χ3n) is 5.84. The minimum atomic E-state index is -3.66. The zero-order valence-electron chi connectivity index (χ0n) is 18.0. The van der Waals surface area contributed by atoms with E-state index >= 15 is 0 Å². The van der Waals surface area contributed by atoms with Crippen LogP contribution < -0.4 is 10.2 Å². The first kappa shape index (κ1) is 22.4. The number of hydrogen-bond donors (Lipinski definition) is 1. The van der Waals surface area contributed by atoms with Gasteiger partial charge in [0, 0.05) is 37.4 Å². The standard InChI is InChI=1S/C23H27N3O5S/c1-2-17-5-3-7-20(13-17)26-16-18(14-22(26)27)23(28)24-19-6-4-8-21(15-19)32(29,30)25-9-11-31-12-10-25/h3-8,13,15,18H,2,9-12,14,16H2,1H3,(H,24,28). The molecule has 2 aliphatic heterocycles. The topological polar surface area (TPSA) is 96.0 Å². The normalized spacial score (nSPS) is 19.8. The molecule has 0 radical (unpaired) electrons. The van der Waals surface area contributed by atoms with Crippen LogP contribution in [0.5, 0.6) is 0 Å². The lowest BCUT2D eigenvalue weighted by atomic mass is 10.1. The van der Waals surface area contributed by atoms with Gasteiger partial charge in [-0.2, -0.15) is 4.31 Å². The number of sulfonamides is 1. The van der Waals surface area contributed by atoms with Gasteiger partial charge in [0.1, 0.15) is 0 Å². The molecule has 2 aromatic carbocycles. The van der Waals surface area contributed by atoms with Gasteiger partial charge in [0.25, 0.3) is 0 Å². The van der Waals surface area contributed by atoms with E-state index in [2.05, 4.69) is 12.2 Å². The van der Waals surface area contributed by atoms with Crippen LogP contribution in [0.15, 0.2) is 53.4 Å². The van der Waals surface area contributed by atoms with Crippen molar-refractivity contribution in [3.63, 3.8) is 0 Å². The largest absolute Gasteiger partial charge is 0.379 e. The Morgan fingerprint density at radius 2 is 1.88 bits per heavy atom. The van der Waals surface area contributed by atoms with Crippen LogP contribution >= 0.6 is 0 Å². The van der Waals surface area contributed by atoms with Crippen molar-refractivity contribution in [1.29, 1.82) is 0 Å². The van der Waals surface area contributed by atoms with E-state index in [9.17, 15) is 18.0 Å². The van der Waals surface area contributed by atoms with Crippen LogP contribution in [-0.4, -0.2) is 57.4 Å². The lowest BCUT2D eigenvalue weighted by Gasteiger charge is -2.26. The summed E-state index contributed by atoms with van der Waals surface area (Å²) in [6, 6.07) is 14.0. The van der Waals surface area contributed by atoms with Gasteiger partial charge >= 0.3 is 0 Å². The number of amides is 2. The third-order valence-corrected chi connectivity index (χ3v) is 7.73. The van der Waals surface area contributed by atoms with Crippen LogP contribution in [-0.2, 0) is 30.8 Å². The maximum Gasteiger partial charge on any atom is 0.243 e. The molecular weight excluding hydrogens is 430 g/mol. The van der Waals surface area contributed by atoms with E-state index in [0.717, 1.165) is 17.7 Å². The van der Waals surface area contributed by atoms with Gasteiger partial charge in [0.2, 0.25) is 21.8 Å². The summed E-state index contributed by atoms with van der Waals surface area (Å²) in [4.78, 5) is 27.2. The summed E-state index contributed by atoms with van der Waals surface area (Å²) in [5, 5.41) is 2.79. The number of anilines is 2. The average molecular weight is 458 g/mol. The Morgan fingerprint density at radius 3 is 2.62 bits per heavy atom. The molecule has 2 fully saturated rings. The molecule has 9 heteroatoms. The van der Waals surface area contributed by atoms with Crippen molar-refractivity contribution >= 4 is 33.2 Å². The molecule has 2 heterocycles. The molecule has 0 aromatic heterocycles. The predicted octanol–water partition coefficient (Wildman–Crippen LogP) is 2.26. The number of benzene rings is 2. The SMILES string of the molecule is CCc1cccc(N2CC(C(=O)Nc3cccc(S(=O)(=O)N4CCOCC4)c3)CC2=O)c1. The summed E-state index contributed by atoms with van der Waals surface area (Å²) in [7, 11) is -3.66. The summed E-state index contributed by atoms with van der Waals surface area (Å²) in [5.74, 6) is -0.900. The van der Waals surface area contributed by atoms with Crippen LogP contribution in [0.1, 0.15) is 18.9 Å². The van der Waals surface area contributed by atoms with E-state index in [4.69, 9.17) is 4.74 Å². The van der Waals surface area contributed by atoms with E-state index in [0.29, 0.717) is 38.5 Å². The van der Waals surface area contributed by atoms with Crippen molar-refractivity contribution < 1.29 is 22.7 Å². The van der Waals surface area contributed by atoms with E-state index < -0.39 is 15.9 Å². The van der Waals surface area contributed by atoms with Gasteiger partial charge in [-0.3, -0.25) is 9.59 Å². The van der Waals surface area contributed by atoms with Crippen LogP contribution in [0.25, 0.3) is 0 Å².